The van der Waals surface area contributed by atoms with Gasteiger partial charge in [0, 0.05) is 47.9 Å². The fraction of sp³-hybridized carbons (Fsp3) is 0.333. The summed E-state index contributed by atoms with van der Waals surface area (Å²) in [7, 11) is 2.10. The summed E-state index contributed by atoms with van der Waals surface area (Å²) < 4.78 is 0. The van der Waals surface area contributed by atoms with Crippen LogP contribution < -0.4 is 5.32 Å². The molecule has 6 rings (SSSR count). The van der Waals surface area contributed by atoms with Crippen LogP contribution in [0.25, 0.3) is 10.6 Å². The molecule has 1 unspecified atom stereocenters. The SMILES string of the molecule is Cc1nc(-c2ccncc2)sc1[N+](=O)N1CCCC1c1cccc(C(=O)Nc2nc3c(s2)CN(C)CC3)c1. The lowest BCUT2D eigenvalue weighted by atomic mass is 10.0. The number of fused-ring (bicyclic) bond motifs is 1. The molecule has 0 bridgehead atoms. The highest BCUT2D eigenvalue weighted by atomic mass is 32.1. The Kier molecular flexibility index (Phi) is 6.73. The summed E-state index contributed by atoms with van der Waals surface area (Å²) in [4.78, 5) is 44.5. The number of anilines is 1. The molecule has 2 aliphatic rings. The van der Waals surface area contributed by atoms with E-state index in [-0.39, 0.29) is 11.9 Å². The molecule has 0 spiro atoms. The number of hydrazine groups is 1. The molecule has 1 aromatic carbocycles. The average molecular weight is 547 g/mol. The van der Waals surface area contributed by atoms with E-state index in [1.165, 1.54) is 16.2 Å². The predicted molar refractivity (Wildman–Crippen MR) is 149 cm³/mol. The molecular weight excluding hydrogens is 518 g/mol. The second kappa shape index (κ2) is 10.3. The number of amides is 1. The van der Waals surface area contributed by atoms with E-state index in [9.17, 15) is 9.70 Å². The number of rotatable bonds is 6. The van der Waals surface area contributed by atoms with Gasteiger partial charge in [-0.1, -0.05) is 12.1 Å². The van der Waals surface area contributed by atoms with Gasteiger partial charge in [-0.15, -0.1) is 16.3 Å². The number of carbonyl (C=O) groups is 1. The summed E-state index contributed by atoms with van der Waals surface area (Å²) in [5.41, 5.74) is 4.24. The van der Waals surface area contributed by atoms with Crippen LogP contribution in [0.15, 0.2) is 48.8 Å². The van der Waals surface area contributed by atoms with Gasteiger partial charge in [0.15, 0.2) is 10.0 Å². The van der Waals surface area contributed by atoms with Gasteiger partial charge in [-0.05, 0) is 68.0 Å². The van der Waals surface area contributed by atoms with E-state index in [1.807, 2.05) is 48.3 Å². The molecule has 0 radical (unpaired) electrons. The number of hydrogen-bond acceptors (Lipinski definition) is 8. The molecule has 38 heavy (non-hydrogen) atoms. The van der Waals surface area contributed by atoms with E-state index in [1.54, 1.807) is 23.7 Å². The average Bonchev–Trinajstić information content (AvgIpc) is 3.67. The van der Waals surface area contributed by atoms with Gasteiger partial charge in [-0.2, -0.15) is 0 Å². The molecule has 5 heterocycles. The highest BCUT2D eigenvalue weighted by molar-refractivity contribution is 7.18. The Labute approximate surface area is 228 Å². The molecule has 3 aromatic heterocycles. The zero-order chi connectivity index (χ0) is 26.2. The Morgan fingerprint density at radius 2 is 1.97 bits per heavy atom. The highest BCUT2D eigenvalue weighted by Gasteiger charge is 2.40. The fourth-order valence-corrected chi connectivity index (χ4v) is 7.12. The normalized spacial score (nSPS) is 17.4. The summed E-state index contributed by atoms with van der Waals surface area (Å²) in [5.74, 6) is -0.185. The van der Waals surface area contributed by atoms with Crippen molar-refractivity contribution in [3.63, 3.8) is 0 Å². The second-order valence-corrected chi connectivity index (χ2v) is 11.8. The lowest BCUT2D eigenvalue weighted by Crippen LogP contribution is -2.30. The number of nitroso groups, excluding NO2 is 1. The number of likely N-dealkylation sites (N-methyl/N-ethyl adjacent to an activating group) is 1. The molecule has 2 aliphatic heterocycles. The summed E-state index contributed by atoms with van der Waals surface area (Å²) in [5, 5.41) is 6.85. The van der Waals surface area contributed by atoms with Gasteiger partial charge in [0.25, 0.3) is 5.91 Å². The predicted octanol–water partition coefficient (Wildman–Crippen LogP) is 5.37. The first-order valence-electron chi connectivity index (χ1n) is 12.7. The maximum absolute atomic E-state index is 13.6. The van der Waals surface area contributed by atoms with Crippen molar-refractivity contribution in [3.8, 4) is 10.6 Å². The molecule has 1 atom stereocenters. The van der Waals surface area contributed by atoms with Crippen molar-refractivity contribution in [2.45, 2.75) is 38.8 Å². The Bertz CT molecular complexity index is 1500. The van der Waals surface area contributed by atoms with E-state index in [0.29, 0.717) is 27.9 Å². The van der Waals surface area contributed by atoms with Gasteiger partial charge in [0.1, 0.15) is 16.7 Å². The van der Waals surface area contributed by atoms with Crippen LogP contribution in [0.1, 0.15) is 51.1 Å². The number of nitrogens with zero attached hydrogens (tertiary/aromatic N) is 6. The number of pyridine rings is 1. The van der Waals surface area contributed by atoms with Crippen molar-refractivity contribution in [1.29, 1.82) is 0 Å². The molecule has 194 valence electrons. The van der Waals surface area contributed by atoms with E-state index < -0.39 is 0 Å². The molecular formula is C27H28N7O2S2+. The maximum Gasteiger partial charge on any atom is 0.369 e. The molecule has 9 nitrogen and oxygen atoms in total. The molecule has 1 saturated heterocycles. The molecule has 0 saturated carbocycles. The molecule has 1 N–H and O–H groups in total. The first-order chi connectivity index (χ1) is 18.5. The third-order valence-electron chi connectivity index (χ3n) is 7.01. The van der Waals surface area contributed by atoms with Crippen molar-refractivity contribution in [2.75, 3.05) is 25.5 Å². The third kappa shape index (κ3) is 4.84. The van der Waals surface area contributed by atoms with Gasteiger partial charge in [0.05, 0.1) is 17.1 Å². The Morgan fingerprint density at radius 3 is 2.82 bits per heavy atom. The van der Waals surface area contributed by atoms with Crippen LogP contribution in [0.4, 0.5) is 10.1 Å². The van der Waals surface area contributed by atoms with Gasteiger partial charge < -0.3 is 4.90 Å². The Balaban J connectivity index is 1.20. The van der Waals surface area contributed by atoms with Crippen molar-refractivity contribution < 1.29 is 9.66 Å². The smallest absolute Gasteiger partial charge is 0.301 e. The molecule has 11 heteroatoms. The lowest BCUT2D eigenvalue weighted by Gasteiger charge is -2.20. The van der Waals surface area contributed by atoms with Gasteiger partial charge >= 0.3 is 5.00 Å². The van der Waals surface area contributed by atoms with Crippen molar-refractivity contribution >= 4 is 38.7 Å². The number of hydrogen-bond donors (Lipinski definition) is 1. The number of benzene rings is 1. The van der Waals surface area contributed by atoms with Gasteiger partial charge in [-0.3, -0.25) is 15.1 Å². The maximum atomic E-state index is 13.6. The first kappa shape index (κ1) is 24.8. The largest absolute Gasteiger partial charge is 0.369 e. The highest BCUT2D eigenvalue weighted by Crippen LogP contribution is 2.39. The summed E-state index contributed by atoms with van der Waals surface area (Å²) in [6.07, 6.45) is 6.09. The van der Waals surface area contributed by atoms with Gasteiger partial charge in [-0.25, -0.2) is 9.97 Å². The third-order valence-corrected chi connectivity index (χ3v) is 9.17. The molecule has 0 aliphatic carbocycles. The van der Waals surface area contributed by atoms with Crippen LogP contribution in [0, 0.1) is 11.8 Å². The monoisotopic (exact) mass is 546 g/mol. The van der Waals surface area contributed by atoms with Crippen LogP contribution in [0.3, 0.4) is 0 Å². The lowest BCUT2D eigenvalue weighted by molar-refractivity contribution is -0.644. The number of thiazole rings is 2. The minimum Gasteiger partial charge on any atom is -0.301 e. The van der Waals surface area contributed by atoms with Crippen LogP contribution in [-0.2, 0) is 13.0 Å². The quantitative estimate of drug-likeness (QED) is 0.325. The number of aromatic nitrogens is 3. The topological polar surface area (TPSA) is 94.3 Å². The number of aryl methyl sites for hydroxylation is 1. The minimum absolute atomic E-state index is 0.117. The Hall–Kier alpha value is -3.54. The number of carbonyl (C=O) groups excluding carboxylic acids is 1. The number of nitrogens with one attached hydrogen (secondary N) is 1. The summed E-state index contributed by atoms with van der Waals surface area (Å²) >= 11 is 2.93. The molecule has 1 fully saturated rings. The van der Waals surface area contributed by atoms with Crippen molar-refractivity contribution in [2.24, 2.45) is 0 Å². The summed E-state index contributed by atoms with van der Waals surface area (Å²) in [6.45, 7) is 4.36. The fourth-order valence-electron chi connectivity index (χ4n) is 5.04. The van der Waals surface area contributed by atoms with Crippen LogP contribution in [0.5, 0.6) is 0 Å². The summed E-state index contributed by atoms with van der Waals surface area (Å²) in [6, 6.07) is 11.3. The first-order valence-corrected chi connectivity index (χ1v) is 14.3. The van der Waals surface area contributed by atoms with E-state index in [4.69, 9.17) is 0 Å². The van der Waals surface area contributed by atoms with Crippen LogP contribution >= 0.6 is 22.7 Å². The van der Waals surface area contributed by atoms with E-state index >= 15 is 0 Å². The van der Waals surface area contributed by atoms with Crippen molar-refractivity contribution in [1.82, 2.24) is 24.9 Å². The molecule has 1 amide bonds. The van der Waals surface area contributed by atoms with E-state index in [2.05, 4.69) is 32.2 Å². The van der Waals surface area contributed by atoms with Crippen LogP contribution in [0.2, 0.25) is 0 Å². The standard InChI is InChI=1S/C27H27N7O2S2/c1-17-26(38-25(29-17)18-8-11-28-12-9-18)34(36)33-13-4-7-22(33)19-5-3-6-20(15-19)24(35)31-27-30-21-10-14-32(2)16-23(21)37-27/h3,5-6,8-9,11-12,15,22H,4,7,10,13-14,16H2,1-2H3/p+1. The van der Waals surface area contributed by atoms with Gasteiger partial charge in [0.2, 0.25) is 0 Å². The zero-order valence-electron chi connectivity index (χ0n) is 21.3. The zero-order valence-corrected chi connectivity index (χ0v) is 22.9. The van der Waals surface area contributed by atoms with Crippen molar-refractivity contribution in [3.05, 3.63) is 81.1 Å². The van der Waals surface area contributed by atoms with E-state index in [0.717, 1.165) is 59.0 Å². The molecule has 4 aromatic rings. The Morgan fingerprint density at radius 1 is 1.13 bits per heavy atom. The minimum atomic E-state index is -0.185. The second-order valence-electron chi connectivity index (χ2n) is 9.70. The van der Waals surface area contributed by atoms with Crippen LogP contribution in [-0.4, -0.2) is 55.8 Å².